The third-order valence-corrected chi connectivity index (χ3v) is 3.88. The van der Waals surface area contributed by atoms with Gasteiger partial charge in [-0.25, -0.2) is 4.57 Å². The van der Waals surface area contributed by atoms with Crippen molar-refractivity contribution in [3.8, 4) is 0 Å². The fourth-order valence-electron chi connectivity index (χ4n) is 1.03. The maximum atomic E-state index is 11.6. The van der Waals surface area contributed by atoms with Crippen molar-refractivity contribution in [2.75, 3.05) is 0 Å². The Morgan fingerprint density at radius 3 is 2.28 bits per heavy atom. The number of halogens is 1. The SMILES string of the molecule is O=C(NC(Cl)([N+](=O)[O-])P(=O)(O)O)c1ccccc1. The number of rotatable bonds is 4. The third-order valence-electron chi connectivity index (χ3n) is 1.94. The number of amides is 1. The topological polar surface area (TPSA) is 130 Å². The number of carbonyl (C=O) groups excluding carboxylic acids is 1. The molecule has 0 spiro atoms. The number of nitrogens with one attached hydrogen (secondary N) is 1. The maximum absolute atomic E-state index is 11.6. The van der Waals surface area contributed by atoms with Crippen molar-refractivity contribution < 1.29 is 24.1 Å². The normalized spacial score (nSPS) is 14.6. The highest BCUT2D eigenvalue weighted by Gasteiger charge is 2.59. The molecule has 0 aromatic heterocycles. The van der Waals surface area contributed by atoms with Crippen molar-refractivity contribution in [2.24, 2.45) is 0 Å². The van der Waals surface area contributed by atoms with Gasteiger partial charge >= 0.3 is 12.5 Å². The minimum Gasteiger partial charge on any atom is -0.317 e. The molecular formula is C8H8ClN2O6P. The number of hydrogen-bond donors (Lipinski definition) is 3. The van der Waals surface area contributed by atoms with Crippen molar-refractivity contribution in [3.05, 3.63) is 46.0 Å². The van der Waals surface area contributed by atoms with Crippen molar-refractivity contribution >= 4 is 25.1 Å². The maximum Gasteiger partial charge on any atom is 0.472 e. The van der Waals surface area contributed by atoms with Gasteiger partial charge < -0.3 is 9.79 Å². The highest BCUT2D eigenvalue weighted by atomic mass is 35.5. The molecule has 3 N–H and O–H groups in total. The van der Waals surface area contributed by atoms with Crippen molar-refractivity contribution in [1.82, 2.24) is 5.32 Å². The van der Waals surface area contributed by atoms with Gasteiger partial charge in [-0.05, 0) is 12.1 Å². The molecule has 0 fully saturated rings. The van der Waals surface area contributed by atoms with Gasteiger partial charge in [0.05, 0.1) is 4.92 Å². The average Bonchev–Trinajstić information content (AvgIpc) is 2.28. The Kier molecular flexibility index (Phi) is 4.08. The van der Waals surface area contributed by atoms with Crippen molar-refractivity contribution in [1.29, 1.82) is 0 Å². The second-order valence-electron chi connectivity index (χ2n) is 3.21. The van der Waals surface area contributed by atoms with Gasteiger partial charge in [0.1, 0.15) is 0 Å². The number of carbonyl (C=O) groups is 1. The van der Waals surface area contributed by atoms with Crippen LogP contribution in [-0.4, -0.2) is 25.5 Å². The second kappa shape index (κ2) is 5.03. The number of benzene rings is 1. The summed E-state index contributed by atoms with van der Waals surface area (Å²) in [4.78, 5) is 35.0. The molecule has 1 atom stereocenters. The van der Waals surface area contributed by atoms with Gasteiger partial charge in [0.2, 0.25) is 0 Å². The molecule has 1 rings (SSSR count). The monoisotopic (exact) mass is 294 g/mol. The molecule has 0 saturated carbocycles. The van der Waals surface area contributed by atoms with Crippen LogP contribution in [0.4, 0.5) is 0 Å². The summed E-state index contributed by atoms with van der Waals surface area (Å²) < 4.78 is 11.0. The third kappa shape index (κ3) is 2.85. The Labute approximate surface area is 106 Å². The van der Waals surface area contributed by atoms with Crippen LogP contribution < -0.4 is 5.32 Å². The van der Waals surface area contributed by atoms with Crippen LogP contribution >= 0.6 is 19.2 Å². The van der Waals surface area contributed by atoms with E-state index < -0.39 is 23.3 Å². The van der Waals surface area contributed by atoms with Gasteiger partial charge in [-0.3, -0.25) is 20.2 Å². The molecule has 1 aromatic rings. The van der Waals surface area contributed by atoms with Crippen molar-refractivity contribution in [3.63, 3.8) is 0 Å². The van der Waals surface area contributed by atoms with Gasteiger partial charge in [-0.2, -0.15) is 0 Å². The van der Waals surface area contributed by atoms with Crippen LogP contribution in [-0.2, 0) is 4.57 Å². The fourth-order valence-corrected chi connectivity index (χ4v) is 1.58. The number of alkyl halides is 1. The number of hydrogen-bond acceptors (Lipinski definition) is 4. The smallest absolute Gasteiger partial charge is 0.317 e. The lowest BCUT2D eigenvalue weighted by Crippen LogP contribution is -2.49. The van der Waals surface area contributed by atoms with Crippen LogP contribution in [0.25, 0.3) is 0 Å². The number of nitrogens with zero attached hydrogens (tertiary/aromatic N) is 1. The van der Waals surface area contributed by atoms with E-state index in [0.717, 1.165) is 0 Å². The van der Waals surface area contributed by atoms with E-state index in [4.69, 9.17) is 21.4 Å². The van der Waals surface area contributed by atoms with E-state index in [9.17, 15) is 19.5 Å². The molecule has 1 unspecified atom stereocenters. The minimum absolute atomic E-state index is 0.0159. The highest BCUT2D eigenvalue weighted by molar-refractivity contribution is 7.55. The lowest BCUT2D eigenvalue weighted by atomic mass is 10.2. The molecule has 1 aromatic carbocycles. The highest BCUT2D eigenvalue weighted by Crippen LogP contribution is 2.51. The zero-order valence-electron chi connectivity index (χ0n) is 8.69. The summed E-state index contributed by atoms with van der Waals surface area (Å²) >= 11 is 5.20. The van der Waals surface area contributed by atoms with E-state index in [1.807, 2.05) is 0 Å². The molecule has 18 heavy (non-hydrogen) atoms. The first-order chi connectivity index (χ1) is 8.18. The lowest BCUT2D eigenvalue weighted by Gasteiger charge is -2.19. The molecule has 0 aliphatic carbocycles. The quantitative estimate of drug-likeness (QED) is 0.187. The van der Waals surface area contributed by atoms with E-state index in [0.29, 0.717) is 0 Å². The first-order valence-electron chi connectivity index (χ1n) is 4.45. The largest absolute Gasteiger partial charge is 0.472 e. The van der Waals surface area contributed by atoms with E-state index in [1.165, 1.54) is 29.6 Å². The van der Waals surface area contributed by atoms with E-state index in [2.05, 4.69) is 0 Å². The van der Waals surface area contributed by atoms with Gasteiger partial charge in [-0.1, -0.05) is 18.2 Å². The summed E-state index contributed by atoms with van der Waals surface area (Å²) in [6.45, 7) is 0. The number of nitro groups is 1. The summed E-state index contributed by atoms with van der Waals surface area (Å²) in [5.41, 5.74) is -0.0159. The molecule has 98 valence electrons. The Balaban J connectivity index is 3.05. The van der Waals surface area contributed by atoms with E-state index in [1.54, 1.807) is 6.07 Å². The molecular weight excluding hydrogens is 287 g/mol. The van der Waals surface area contributed by atoms with Gasteiger partial charge in [0.25, 0.3) is 5.91 Å². The van der Waals surface area contributed by atoms with Crippen LogP contribution in [0.1, 0.15) is 10.4 Å². The molecule has 10 heteroatoms. The van der Waals surface area contributed by atoms with E-state index >= 15 is 0 Å². The first kappa shape index (κ1) is 14.6. The predicted octanol–water partition coefficient (Wildman–Crippen LogP) is 0.721. The summed E-state index contributed by atoms with van der Waals surface area (Å²) in [6, 6.07) is 7.18. The Morgan fingerprint density at radius 2 is 1.89 bits per heavy atom. The molecule has 0 aliphatic heterocycles. The molecule has 0 bridgehead atoms. The fraction of sp³-hybridized carbons (Fsp3) is 0.125. The van der Waals surface area contributed by atoms with Crippen LogP contribution in [0.3, 0.4) is 0 Å². The molecule has 0 saturated heterocycles. The zero-order chi connectivity index (χ0) is 14.0. The van der Waals surface area contributed by atoms with Crippen LogP contribution in [0.15, 0.2) is 30.3 Å². The Hall–Kier alpha value is -1.47. The Morgan fingerprint density at radius 1 is 1.39 bits per heavy atom. The van der Waals surface area contributed by atoms with Gasteiger partial charge in [0, 0.05) is 17.2 Å². The van der Waals surface area contributed by atoms with Crippen molar-refractivity contribution in [2.45, 2.75) is 4.86 Å². The predicted molar refractivity (Wildman–Crippen MR) is 61.5 cm³/mol. The molecule has 0 heterocycles. The average molecular weight is 295 g/mol. The molecule has 1 amide bonds. The Bertz CT molecular complexity index is 518. The summed E-state index contributed by atoms with van der Waals surface area (Å²) in [6.07, 6.45) is 0. The second-order valence-corrected chi connectivity index (χ2v) is 5.75. The zero-order valence-corrected chi connectivity index (χ0v) is 10.3. The molecule has 8 nitrogen and oxygen atoms in total. The standard InChI is InChI=1S/C8H8ClN2O6P/c9-8(11(13)14,18(15,16)17)10-7(12)6-4-2-1-3-5-6/h1-5H,(H,10,12)(H2,15,16,17). The molecule has 0 aliphatic rings. The van der Waals surface area contributed by atoms with Gasteiger partial charge in [0.15, 0.2) is 0 Å². The lowest BCUT2D eigenvalue weighted by molar-refractivity contribution is -0.523. The minimum atomic E-state index is -5.38. The summed E-state index contributed by atoms with van der Waals surface area (Å²) in [5, 5.41) is 12.1. The molecule has 0 radical (unpaired) electrons. The van der Waals surface area contributed by atoms with Crippen LogP contribution in [0, 0.1) is 10.1 Å². The summed E-state index contributed by atoms with van der Waals surface area (Å²) in [7, 11) is -5.38. The van der Waals surface area contributed by atoms with Gasteiger partial charge in [-0.15, -0.1) is 0 Å². The summed E-state index contributed by atoms with van der Waals surface area (Å²) in [5.74, 6) is -1.06. The van der Waals surface area contributed by atoms with Crippen LogP contribution in [0.2, 0.25) is 0 Å². The van der Waals surface area contributed by atoms with E-state index in [-0.39, 0.29) is 5.56 Å². The van der Waals surface area contributed by atoms with Crippen LogP contribution in [0.5, 0.6) is 0 Å². The first-order valence-corrected chi connectivity index (χ1v) is 6.44.